The Kier molecular flexibility index (Phi) is 6.04. The van der Waals surface area contributed by atoms with Crippen molar-refractivity contribution in [1.82, 2.24) is 10.3 Å². The van der Waals surface area contributed by atoms with Crippen molar-refractivity contribution >= 4 is 23.2 Å². The molecule has 1 atom stereocenters. The summed E-state index contributed by atoms with van der Waals surface area (Å²) in [6.07, 6.45) is 3.70. The maximum atomic E-state index is 6.36. The van der Waals surface area contributed by atoms with E-state index >= 15 is 0 Å². The fourth-order valence-corrected chi connectivity index (χ4v) is 2.75. The van der Waals surface area contributed by atoms with Gasteiger partial charge in [0.25, 0.3) is 0 Å². The fraction of sp³-hybridized carbons (Fsp3) is 0.353. The Morgan fingerprint density at radius 1 is 1.24 bits per heavy atom. The van der Waals surface area contributed by atoms with Crippen molar-refractivity contribution < 1.29 is 0 Å². The summed E-state index contributed by atoms with van der Waals surface area (Å²) in [7, 11) is 0. The highest BCUT2D eigenvalue weighted by Gasteiger charge is 2.17. The molecule has 1 unspecified atom stereocenters. The molecule has 1 aromatic carbocycles. The molecule has 0 saturated heterocycles. The van der Waals surface area contributed by atoms with Crippen LogP contribution in [0.25, 0.3) is 0 Å². The first kappa shape index (κ1) is 16.3. The number of hydrogen-bond donors (Lipinski definition) is 1. The van der Waals surface area contributed by atoms with Crippen LogP contribution in [0.2, 0.25) is 10.0 Å². The third-order valence-corrected chi connectivity index (χ3v) is 4.07. The second kappa shape index (κ2) is 7.79. The Bertz CT molecular complexity index is 599. The molecule has 0 saturated carbocycles. The molecule has 0 aliphatic rings. The highest BCUT2D eigenvalue weighted by Crippen LogP contribution is 2.28. The molecule has 0 aliphatic heterocycles. The molecule has 21 heavy (non-hydrogen) atoms. The SMILES string of the molecule is CCCNC(Cc1ncccc1C)c1cc(Cl)ccc1Cl. The van der Waals surface area contributed by atoms with Gasteiger partial charge in [-0.15, -0.1) is 0 Å². The third kappa shape index (κ3) is 4.44. The Morgan fingerprint density at radius 2 is 2.05 bits per heavy atom. The molecule has 0 fully saturated rings. The van der Waals surface area contributed by atoms with E-state index < -0.39 is 0 Å². The van der Waals surface area contributed by atoms with E-state index in [-0.39, 0.29) is 6.04 Å². The lowest BCUT2D eigenvalue weighted by atomic mass is 9.99. The van der Waals surface area contributed by atoms with Crippen LogP contribution in [0.1, 0.15) is 36.2 Å². The largest absolute Gasteiger partial charge is 0.310 e. The molecule has 1 aromatic heterocycles. The normalized spacial score (nSPS) is 12.4. The van der Waals surface area contributed by atoms with Gasteiger partial charge in [0.05, 0.1) is 0 Å². The molecule has 0 amide bonds. The number of nitrogens with one attached hydrogen (secondary N) is 1. The average Bonchev–Trinajstić information content (AvgIpc) is 2.48. The van der Waals surface area contributed by atoms with Gasteiger partial charge in [-0.05, 0) is 55.3 Å². The van der Waals surface area contributed by atoms with E-state index in [4.69, 9.17) is 23.2 Å². The lowest BCUT2D eigenvalue weighted by Gasteiger charge is -2.21. The van der Waals surface area contributed by atoms with E-state index in [2.05, 4.69) is 30.2 Å². The maximum Gasteiger partial charge on any atom is 0.0454 e. The predicted octanol–water partition coefficient (Wildman–Crippen LogP) is 4.98. The van der Waals surface area contributed by atoms with Crippen LogP contribution in [-0.4, -0.2) is 11.5 Å². The molecule has 1 heterocycles. The summed E-state index contributed by atoms with van der Waals surface area (Å²) in [6.45, 7) is 5.16. The lowest BCUT2D eigenvalue weighted by molar-refractivity contribution is 0.523. The number of pyridine rings is 1. The number of halogens is 2. The van der Waals surface area contributed by atoms with E-state index in [0.717, 1.165) is 35.7 Å². The van der Waals surface area contributed by atoms with Gasteiger partial charge in [-0.1, -0.05) is 36.2 Å². The summed E-state index contributed by atoms with van der Waals surface area (Å²) in [5, 5.41) is 4.99. The van der Waals surface area contributed by atoms with Gasteiger partial charge in [-0.3, -0.25) is 4.98 Å². The number of hydrogen-bond acceptors (Lipinski definition) is 2. The van der Waals surface area contributed by atoms with Crippen LogP contribution in [0.5, 0.6) is 0 Å². The Hall–Kier alpha value is -1.09. The van der Waals surface area contributed by atoms with Crippen LogP contribution >= 0.6 is 23.2 Å². The van der Waals surface area contributed by atoms with Crippen LogP contribution in [0.15, 0.2) is 36.5 Å². The molecule has 2 nitrogen and oxygen atoms in total. The zero-order valence-electron chi connectivity index (χ0n) is 12.4. The van der Waals surface area contributed by atoms with Gasteiger partial charge in [0, 0.05) is 34.4 Å². The molecule has 0 bridgehead atoms. The smallest absolute Gasteiger partial charge is 0.0454 e. The number of aromatic nitrogens is 1. The summed E-state index contributed by atoms with van der Waals surface area (Å²) in [6, 6.07) is 9.76. The summed E-state index contributed by atoms with van der Waals surface area (Å²) >= 11 is 12.5. The third-order valence-electron chi connectivity index (χ3n) is 3.49. The molecule has 0 aliphatic carbocycles. The summed E-state index contributed by atoms with van der Waals surface area (Å²) in [5.74, 6) is 0. The van der Waals surface area contributed by atoms with E-state index in [0.29, 0.717) is 5.02 Å². The predicted molar refractivity (Wildman–Crippen MR) is 90.2 cm³/mol. The number of benzene rings is 1. The summed E-state index contributed by atoms with van der Waals surface area (Å²) in [5.41, 5.74) is 3.31. The van der Waals surface area contributed by atoms with E-state index in [1.165, 1.54) is 5.56 Å². The Balaban J connectivity index is 2.30. The maximum absolute atomic E-state index is 6.36. The molecule has 2 aromatic rings. The van der Waals surface area contributed by atoms with Crippen LogP contribution in [-0.2, 0) is 6.42 Å². The highest BCUT2D eigenvalue weighted by molar-refractivity contribution is 6.33. The van der Waals surface area contributed by atoms with E-state index in [1.807, 2.05) is 30.5 Å². The van der Waals surface area contributed by atoms with E-state index in [1.54, 1.807) is 0 Å². The van der Waals surface area contributed by atoms with Gasteiger partial charge in [-0.25, -0.2) is 0 Å². The second-order valence-electron chi connectivity index (χ2n) is 5.14. The second-order valence-corrected chi connectivity index (χ2v) is 5.99. The topological polar surface area (TPSA) is 24.9 Å². The van der Waals surface area contributed by atoms with Crippen molar-refractivity contribution in [2.75, 3.05) is 6.54 Å². The van der Waals surface area contributed by atoms with Crippen molar-refractivity contribution in [2.24, 2.45) is 0 Å². The molecule has 112 valence electrons. The first-order valence-electron chi connectivity index (χ1n) is 7.20. The molecular formula is C17H20Cl2N2. The standard InChI is InChI=1S/C17H20Cl2N2/c1-3-8-20-17(11-16-12(2)5-4-9-21-16)14-10-13(18)6-7-15(14)19/h4-7,9-10,17,20H,3,8,11H2,1-2H3. The molecule has 1 N–H and O–H groups in total. The van der Waals surface area contributed by atoms with Gasteiger partial charge in [0.15, 0.2) is 0 Å². The summed E-state index contributed by atoms with van der Waals surface area (Å²) < 4.78 is 0. The van der Waals surface area contributed by atoms with Gasteiger partial charge < -0.3 is 5.32 Å². The first-order valence-corrected chi connectivity index (χ1v) is 7.96. The molecule has 2 rings (SSSR count). The quantitative estimate of drug-likeness (QED) is 0.811. The zero-order valence-corrected chi connectivity index (χ0v) is 13.9. The van der Waals surface area contributed by atoms with Crippen LogP contribution in [0.3, 0.4) is 0 Å². The van der Waals surface area contributed by atoms with Crippen LogP contribution in [0, 0.1) is 6.92 Å². The molecule has 0 spiro atoms. The number of aryl methyl sites for hydroxylation is 1. The van der Waals surface area contributed by atoms with Crippen molar-refractivity contribution in [2.45, 2.75) is 32.7 Å². The van der Waals surface area contributed by atoms with Crippen LogP contribution in [0.4, 0.5) is 0 Å². The highest BCUT2D eigenvalue weighted by atomic mass is 35.5. The Labute approximate surface area is 136 Å². The van der Waals surface area contributed by atoms with Crippen LogP contribution < -0.4 is 5.32 Å². The Morgan fingerprint density at radius 3 is 2.76 bits per heavy atom. The zero-order chi connectivity index (χ0) is 15.2. The van der Waals surface area contributed by atoms with Gasteiger partial charge >= 0.3 is 0 Å². The van der Waals surface area contributed by atoms with Crippen molar-refractivity contribution in [3.8, 4) is 0 Å². The summed E-state index contributed by atoms with van der Waals surface area (Å²) in [4.78, 5) is 4.49. The van der Waals surface area contributed by atoms with Crippen molar-refractivity contribution in [1.29, 1.82) is 0 Å². The van der Waals surface area contributed by atoms with E-state index in [9.17, 15) is 0 Å². The van der Waals surface area contributed by atoms with Gasteiger partial charge in [0.2, 0.25) is 0 Å². The molecular weight excluding hydrogens is 303 g/mol. The number of nitrogens with zero attached hydrogens (tertiary/aromatic N) is 1. The molecule has 4 heteroatoms. The minimum absolute atomic E-state index is 0.116. The van der Waals surface area contributed by atoms with Gasteiger partial charge in [-0.2, -0.15) is 0 Å². The number of rotatable bonds is 6. The average molecular weight is 323 g/mol. The van der Waals surface area contributed by atoms with Crippen molar-refractivity contribution in [3.05, 3.63) is 63.4 Å². The minimum atomic E-state index is 0.116. The monoisotopic (exact) mass is 322 g/mol. The fourth-order valence-electron chi connectivity index (χ4n) is 2.32. The first-order chi connectivity index (χ1) is 10.1. The molecule has 0 radical (unpaired) electrons. The minimum Gasteiger partial charge on any atom is -0.310 e. The van der Waals surface area contributed by atoms with Gasteiger partial charge in [0.1, 0.15) is 0 Å². The van der Waals surface area contributed by atoms with Crippen molar-refractivity contribution in [3.63, 3.8) is 0 Å². The lowest BCUT2D eigenvalue weighted by Crippen LogP contribution is -2.25.